The van der Waals surface area contributed by atoms with Gasteiger partial charge in [-0.2, -0.15) is 0 Å². The van der Waals surface area contributed by atoms with Crippen molar-refractivity contribution in [1.82, 2.24) is 10.3 Å². The average Bonchev–Trinajstić information content (AvgIpc) is 2.69. The molecule has 1 aromatic heterocycles. The zero-order valence-corrected chi connectivity index (χ0v) is 11.7. The van der Waals surface area contributed by atoms with Gasteiger partial charge in [-0.15, -0.1) is 0 Å². The molecular weight excluding hydrogens is 267 g/mol. The number of pyridine rings is 1. The van der Waals surface area contributed by atoms with Gasteiger partial charge in [0, 0.05) is 29.9 Å². The zero-order valence-electron chi connectivity index (χ0n) is 11.7. The van der Waals surface area contributed by atoms with Gasteiger partial charge in [0.1, 0.15) is 5.82 Å². The van der Waals surface area contributed by atoms with E-state index in [2.05, 4.69) is 16.4 Å². The van der Waals surface area contributed by atoms with Crippen molar-refractivity contribution < 1.29 is 9.18 Å². The molecule has 0 bridgehead atoms. The van der Waals surface area contributed by atoms with Crippen LogP contribution in [0.5, 0.6) is 0 Å². The van der Waals surface area contributed by atoms with Gasteiger partial charge in [0.15, 0.2) is 0 Å². The lowest BCUT2D eigenvalue weighted by atomic mass is 10.1. The number of nitrogens with one attached hydrogen (secondary N) is 1. The minimum Gasteiger partial charge on any atom is -0.349 e. The van der Waals surface area contributed by atoms with E-state index in [1.54, 1.807) is 6.20 Å². The number of hydrogen-bond donors (Lipinski definition) is 1. The lowest BCUT2D eigenvalue weighted by molar-refractivity contribution is 0.0935. The quantitative estimate of drug-likeness (QED) is 0.862. The third-order valence-corrected chi connectivity index (χ3v) is 3.86. The highest BCUT2D eigenvalue weighted by atomic mass is 19.1. The first kappa shape index (κ1) is 13.7. The second-order valence-electron chi connectivity index (χ2n) is 5.38. The number of halogens is 1. The molecule has 3 rings (SSSR count). The first-order valence-corrected chi connectivity index (χ1v) is 7.21. The first-order valence-electron chi connectivity index (χ1n) is 7.21. The van der Waals surface area contributed by atoms with Gasteiger partial charge in [0.05, 0.1) is 0 Å². The number of amides is 1. The number of carbonyl (C=O) groups is 1. The number of benzene rings is 1. The van der Waals surface area contributed by atoms with Crippen LogP contribution in [0.15, 0.2) is 42.6 Å². The van der Waals surface area contributed by atoms with E-state index >= 15 is 0 Å². The highest BCUT2D eigenvalue weighted by molar-refractivity contribution is 5.94. The molecule has 1 atom stereocenters. The van der Waals surface area contributed by atoms with Gasteiger partial charge in [-0.25, -0.2) is 4.39 Å². The molecule has 0 aliphatic heterocycles. The lowest BCUT2D eigenvalue weighted by Gasteiger charge is -2.16. The molecular formula is C17H17FN2O. The second kappa shape index (κ2) is 6.04. The maximum absolute atomic E-state index is 12.9. The van der Waals surface area contributed by atoms with Crippen LogP contribution in [-0.2, 0) is 12.8 Å². The van der Waals surface area contributed by atoms with Gasteiger partial charge in [0.25, 0.3) is 5.91 Å². The molecule has 0 fully saturated rings. The molecule has 2 aromatic rings. The van der Waals surface area contributed by atoms with Gasteiger partial charge in [-0.3, -0.25) is 9.78 Å². The Labute approximate surface area is 123 Å². The monoisotopic (exact) mass is 284 g/mol. The van der Waals surface area contributed by atoms with Crippen LogP contribution in [0.4, 0.5) is 4.39 Å². The Kier molecular flexibility index (Phi) is 3.95. The number of hydrogen-bond acceptors (Lipinski definition) is 2. The van der Waals surface area contributed by atoms with E-state index in [9.17, 15) is 9.18 Å². The van der Waals surface area contributed by atoms with Gasteiger partial charge in [0.2, 0.25) is 0 Å². The zero-order chi connectivity index (χ0) is 14.7. The summed E-state index contributed by atoms with van der Waals surface area (Å²) < 4.78 is 12.9. The summed E-state index contributed by atoms with van der Waals surface area (Å²) in [5, 5.41) is 3.03. The van der Waals surface area contributed by atoms with Crippen LogP contribution in [0.1, 0.15) is 34.5 Å². The number of aromatic nitrogens is 1. The predicted octanol–water partition coefficient (Wildman–Crippen LogP) is 2.90. The Balaban J connectivity index is 1.70. The molecule has 108 valence electrons. The van der Waals surface area contributed by atoms with Crippen molar-refractivity contribution in [3.63, 3.8) is 0 Å². The SMILES string of the molecule is O=C(NC1CCCc2cccnc2C1)c1ccc(F)cc1. The van der Waals surface area contributed by atoms with Gasteiger partial charge >= 0.3 is 0 Å². The van der Waals surface area contributed by atoms with Gasteiger partial charge < -0.3 is 5.32 Å². The highest BCUT2D eigenvalue weighted by Crippen LogP contribution is 2.19. The summed E-state index contributed by atoms with van der Waals surface area (Å²) in [5.74, 6) is -0.487. The van der Waals surface area contributed by atoms with E-state index in [4.69, 9.17) is 0 Å². The molecule has 4 heteroatoms. The van der Waals surface area contributed by atoms with Crippen molar-refractivity contribution in [1.29, 1.82) is 0 Å². The molecule has 0 saturated heterocycles. The Hall–Kier alpha value is -2.23. The number of carbonyl (C=O) groups excluding carboxylic acids is 1. The summed E-state index contributed by atoms with van der Waals surface area (Å²) >= 11 is 0. The van der Waals surface area contributed by atoms with Crippen LogP contribution in [0, 0.1) is 5.82 Å². The van der Waals surface area contributed by atoms with Crippen LogP contribution < -0.4 is 5.32 Å². The van der Waals surface area contributed by atoms with Gasteiger partial charge in [-0.05, 0) is 55.2 Å². The summed E-state index contributed by atoms with van der Waals surface area (Å²) in [4.78, 5) is 16.6. The van der Waals surface area contributed by atoms with Crippen LogP contribution >= 0.6 is 0 Å². The van der Waals surface area contributed by atoms with Crippen LogP contribution in [0.25, 0.3) is 0 Å². The minimum absolute atomic E-state index is 0.0821. The van der Waals surface area contributed by atoms with E-state index < -0.39 is 0 Å². The van der Waals surface area contributed by atoms with Crippen LogP contribution in [-0.4, -0.2) is 16.9 Å². The lowest BCUT2D eigenvalue weighted by Crippen LogP contribution is -2.36. The van der Waals surface area contributed by atoms with E-state index in [1.807, 2.05) is 6.07 Å². The summed E-state index contributed by atoms with van der Waals surface area (Å²) in [6, 6.07) is 9.76. The number of rotatable bonds is 2. The van der Waals surface area contributed by atoms with Crippen molar-refractivity contribution in [2.24, 2.45) is 0 Å². The van der Waals surface area contributed by atoms with Crippen LogP contribution in [0.3, 0.4) is 0 Å². The second-order valence-corrected chi connectivity index (χ2v) is 5.38. The number of aryl methyl sites for hydroxylation is 1. The fourth-order valence-electron chi connectivity index (χ4n) is 2.75. The summed E-state index contributed by atoms with van der Waals surface area (Å²) in [6.45, 7) is 0. The third-order valence-electron chi connectivity index (χ3n) is 3.86. The van der Waals surface area contributed by atoms with Crippen molar-refractivity contribution in [2.75, 3.05) is 0 Å². The molecule has 1 unspecified atom stereocenters. The largest absolute Gasteiger partial charge is 0.349 e. The van der Waals surface area contributed by atoms with Crippen molar-refractivity contribution in [3.8, 4) is 0 Å². The Morgan fingerprint density at radius 2 is 2.05 bits per heavy atom. The molecule has 0 saturated carbocycles. The van der Waals surface area contributed by atoms with Crippen LogP contribution in [0.2, 0.25) is 0 Å². The van der Waals surface area contributed by atoms with E-state index in [0.29, 0.717) is 5.56 Å². The van der Waals surface area contributed by atoms with E-state index in [-0.39, 0.29) is 17.8 Å². The standard InChI is InChI=1S/C17H17FN2O/c18-14-8-6-13(7-9-14)17(21)20-15-5-1-3-12-4-2-10-19-16(12)11-15/h2,4,6-10,15H,1,3,5,11H2,(H,20,21). The predicted molar refractivity (Wildman–Crippen MR) is 78.5 cm³/mol. The molecule has 21 heavy (non-hydrogen) atoms. The maximum Gasteiger partial charge on any atom is 0.251 e. The molecule has 1 N–H and O–H groups in total. The van der Waals surface area contributed by atoms with Crippen molar-refractivity contribution in [3.05, 3.63) is 65.2 Å². The van der Waals surface area contributed by atoms with Crippen molar-refractivity contribution in [2.45, 2.75) is 31.7 Å². The first-order chi connectivity index (χ1) is 10.2. The molecule has 0 spiro atoms. The normalized spacial score (nSPS) is 17.7. The molecule has 3 nitrogen and oxygen atoms in total. The van der Waals surface area contributed by atoms with E-state index in [0.717, 1.165) is 31.4 Å². The molecule has 1 aromatic carbocycles. The number of fused-ring (bicyclic) bond motifs is 1. The maximum atomic E-state index is 12.9. The summed E-state index contributed by atoms with van der Waals surface area (Å²) in [5.41, 5.74) is 2.83. The fourth-order valence-corrected chi connectivity index (χ4v) is 2.75. The molecule has 1 aliphatic rings. The minimum atomic E-state index is -0.334. The molecule has 1 aliphatic carbocycles. The Morgan fingerprint density at radius 3 is 2.86 bits per heavy atom. The third kappa shape index (κ3) is 3.27. The van der Waals surface area contributed by atoms with E-state index in [1.165, 1.54) is 29.8 Å². The fraction of sp³-hybridized carbons (Fsp3) is 0.294. The summed E-state index contributed by atoms with van der Waals surface area (Å²) in [6.07, 6.45) is 5.52. The Morgan fingerprint density at radius 1 is 1.24 bits per heavy atom. The number of nitrogens with zero attached hydrogens (tertiary/aromatic N) is 1. The molecule has 1 amide bonds. The highest BCUT2D eigenvalue weighted by Gasteiger charge is 2.19. The van der Waals surface area contributed by atoms with Crippen molar-refractivity contribution >= 4 is 5.91 Å². The topological polar surface area (TPSA) is 42.0 Å². The smallest absolute Gasteiger partial charge is 0.251 e. The van der Waals surface area contributed by atoms with Gasteiger partial charge in [-0.1, -0.05) is 6.07 Å². The molecule has 0 radical (unpaired) electrons. The average molecular weight is 284 g/mol. The summed E-state index contributed by atoms with van der Waals surface area (Å²) in [7, 11) is 0. The Bertz CT molecular complexity index is 639. The molecule has 1 heterocycles.